The third kappa shape index (κ3) is 5.26. The number of H-pyrrole nitrogens is 1. The van der Waals surface area contributed by atoms with Crippen LogP contribution in [0.15, 0.2) is 71.6 Å². The van der Waals surface area contributed by atoms with E-state index in [0.29, 0.717) is 33.4 Å². The normalized spacial score (nSPS) is 15.7. The number of benzene rings is 3. The van der Waals surface area contributed by atoms with Gasteiger partial charge in [-0.1, -0.05) is 18.2 Å². The van der Waals surface area contributed by atoms with E-state index in [9.17, 15) is 31.2 Å². The molecule has 40 heavy (non-hydrogen) atoms. The molecule has 0 bridgehead atoms. The van der Waals surface area contributed by atoms with Gasteiger partial charge in [0.05, 0.1) is 22.3 Å². The van der Waals surface area contributed by atoms with Crippen molar-refractivity contribution >= 4 is 43.9 Å². The Balaban J connectivity index is 1.55. The van der Waals surface area contributed by atoms with Gasteiger partial charge in [-0.2, -0.15) is 0 Å². The van der Waals surface area contributed by atoms with Crippen LogP contribution < -0.4 is 14.5 Å². The number of alkyl halides is 3. The molecule has 0 spiro atoms. The lowest BCUT2D eigenvalue weighted by atomic mass is 10.0. The summed E-state index contributed by atoms with van der Waals surface area (Å²) in [5.41, 5.74) is 2.99. The van der Waals surface area contributed by atoms with Gasteiger partial charge in [0, 0.05) is 30.6 Å². The largest absolute Gasteiger partial charge is 0.573 e. The van der Waals surface area contributed by atoms with Crippen molar-refractivity contribution in [2.75, 3.05) is 22.6 Å². The molecule has 0 fully saturated rings. The summed E-state index contributed by atoms with van der Waals surface area (Å²) in [6.45, 7) is 3.42. The summed E-state index contributed by atoms with van der Waals surface area (Å²) in [5, 5.41) is 0.362. The molecule has 208 valence electrons. The first kappa shape index (κ1) is 27.3. The van der Waals surface area contributed by atoms with Crippen molar-refractivity contribution in [1.82, 2.24) is 4.98 Å². The molecule has 2 amide bonds. The van der Waals surface area contributed by atoms with Crippen LogP contribution in [0.1, 0.15) is 24.3 Å². The summed E-state index contributed by atoms with van der Waals surface area (Å²) in [4.78, 5) is 32.6. The molecule has 3 aromatic carbocycles. The first-order chi connectivity index (χ1) is 18.7. The number of hydrogen-bond donors (Lipinski definition) is 1. The molecule has 1 atom stereocenters. The fourth-order valence-corrected chi connectivity index (χ4v) is 5.57. The third-order valence-electron chi connectivity index (χ3n) is 6.67. The van der Waals surface area contributed by atoms with Gasteiger partial charge < -0.3 is 19.5 Å². The van der Waals surface area contributed by atoms with Crippen LogP contribution in [0.25, 0.3) is 22.0 Å². The topological polar surface area (TPSA) is 99.8 Å². The van der Waals surface area contributed by atoms with Crippen LogP contribution in [-0.4, -0.2) is 50.4 Å². The van der Waals surface area contributed by atoms with Gasteiger partial charge in [-0.25, -0.2) is 8.42 Å². The quantitative estimate of drug-likeness (QED) is 0.347. The Bertz CT molecular complexity index is 1750. The molecule has 0 saturated heterocycles. The fourth-order valence-electron chi connectivity index (χ4n) is 4.94. The van der Waals surface area contributed by atoms with E-state index in [2.05, 4.69) is 9.72 Å². The molecule has 2 heterocycles. The van der Waals surface area contributed by atoms with Crippen molar-refractivity contribution in [2.45, 2.75) is 31.1 Å². The number of aromatic amines is 1. The predicted octanol–water partition coefficient (Wildman–Crippen LogP) is 5.54. The molecule has 12 heteroatoms. The van der Waals surface area contributed by atoms with Gasteiger partial charge in [0.2, 0.25) is 5.91 Å². The average molecular weight is 572 g/mol. The maximum absolute atomic E-state index is 13.8. The molecule has 1 aliphatic heterocycles. The van der Waals surface area contributed by atoms with Crippen molar-refractivity contribution in [1.29, 1.82) is 0 Å². The lowest BCUT2D eigenvalue weighted by molar-refractivity contribution is -0.274. The minimum absolute atomic E-state index is 0.150. The third-order valence-corrected chi connectivity index (χ3v) is 7.80. The standard InChI is InChI=1S/C28H24F3N3O5S/c1-16-15-33(27(36)24-13-20-12-21(39-28(29,30)31)7-10-23(20)32-24)26-14-19(6-11-25(26)34(16)17(2)35)18-4-8-22(9-5-18)40(3,37)38/h4-14,16,32H,15H2,1-3H3/t16-/m0/s1. The molecule has 0 radical (unpaired) electrons. The van der Waals surface area contributed by atoms with Crippen LogP contribution in [0, 0.1) is 0 Å². The smallest absolute Gasteiger partial charge is 0.406 e. The monoisotopic (exact) mass is 571 g/mol. The minimum Gasteiger partial charge on any atom is -0.406 e. The van der Waals surface area contributed by atoms with E-state index in [0.717, 1.165) is 12.3 Å². The van der Waals surface area contributed by atoms with Gasteiger partial charge in [-0.05, 0) is 66.6 Å². The van der Waals surface area contributed by atoms with Crippen LogP contribution in [0.4, 0.5) is 24.5 Å². The second-order valence-corrected chi connectivity index (χ2v) is 11.6. The fraction of sp³-hybridized carbons (Fsp3) is 0.214. The van der Waals surface area contributed by atoms with Crippen LogP contribution in [-0.2, 0) is 14.6 Å². The molecule has 1 aromatic heterocycles. The van der Waals surface area contributed by atoms with Gasteiger partial charge in [0.25, 0.3) is 5.91 Å². The highest BCUT2D eigenvalue weighted by Gasteiger charge is 2.35. The number of anilines is 2. The molecular weight excluding hydrogens is 547 g/mol. The number of carbonyl (C=O) groups is 2. The van der Waals surface area contributed by atoms with E-state index >= 15 is 0 Å². The van der Waals surface area contributed by atoms with E-state index in [1.54, 1.807) is 35.2 Å². The second-order valence-electron chi connectivity index (χ2n) is 9.63. The zero-order chi connectivity index (χ0) is 29.0. The number of hydrogen-bond acceptors (Lipinski definition) is 5. The van der Waals surface area contributed by atoms with E-state index < -0.39 is 27.9 Å². The summed E-state index contributed by atoms with van der Waals surface area (Å²) < 4.78 is 65.7. The van der Waals surface area contributed by atoms with Gasteiger partial charge in [0.1, 0.15) is 11.4 Å². The van der Waals surface area contributed by atoms with E-state index in [1.165, 1.54) is 42.2 Å². The Morgan fingerprint density at radius 1 is 0.950 bits per heavy atom. The zero-order valence-corrected chi connectivity index (χ0v) is 22.4. The SMILES string of the molecule is CC(=O)N1c2ccc(-c3ccc(S(C)(=O)=O)cc3)cc2N(C(=O)c2cc3cc(OC(F)(F)F)ccc3[nH]2)C[C@@H]1C. The summed E-state index contributed by atoms with van der Waals surface area (Å²) >= 11 is 0. The summed E-state index contributed by atoms with van der Waals surface area (Å²) in [6, 6.07) is 16.4. The van der Waals surface area contributed by atoms with Crippen molar-refractivity contribution in [2.24, 2.45) is 0 Å². The van der Waals surface area contributed by atoms with Crippen LogP contribution in [0.3, 0.4) is 0 Å². The molecule has 1 aliphatic rings. The number of sulfone groups is 1. The maximum atomic E-state index is 13.8. The average Bonchev–Trinajstić information content (AvgIpc) is 3.29. The Hall–Kier alpha value is -4.32. The van der Waals surface area contributed by atoms with Crippen molar-refractivity contribution in [3.8, 4) is 16.9 Å². The molecule has 1 N–H and O–H groups in total. The van der Waals surface area contributed by atoms with E-state index in [-0.39, 0.29) is 29.1 Å². The number of aromatic nitrogens is 1. The molecule has 0 saturated carbocycles. The highest BCUT2D eigenvalue weighted by Crippen LogP contribution is 2.40. The maximum Gasteiger partial charge on any atom is 0.573 e. The van der Waals surface area contributed by atoms with E-state index in [1.807, 2.05) is 6.92 Å². The van der Waals surface area contributed by atoms with E-state index in [4.69, 9.17) is 0 Å². The highest BCUT2D eigenvalue weighted by atomic mass is 32.2. The number of carbonyl (C=O) groups excluding carboxylic acids is 2. The Morgan fingerprint density at radius 2 is 1.62 bits per heavy atom. The zero-order valence-electron chi connectivity index (χ0n) is 21.6. The Labute approximate surface area is 227 Å². The van der Waals surface area contributed by atoms with Gasteiger partial charge in [-0.15, -0.1) is 13.2 Å². The van der Waals surface area contributed by atoms with Crippen molar-refractivity contribution in [3.63, 3.8) is 0 Å². The molecule has 8 nitrogen and oxygen atoms in total. The van der Waals surface area contributed by atoms with Gasteiger partial charge >= 0.3 is 6.36 Å². The number of ether oxygens (including phenoxy) is 1. The summed E-state index contributed by atoms with van der Waals surface area (Å²) in [6.07, 6.45) is -3.72. The van der Waals surface area contributed by atoms with Crippen LogP contribution in [0.5, 0.6) is 5.75 Å². The second kappa shape index (κ2) is 9.70. The predicted molar refractivity (Wildman–Crippen MR) is 144 cm³/mol. The summed E-state index contributed by atoms with van der Waals surface area (Å²) in [5.74, 6) is -1.04. The van der Waals surface area contributed by atoms with Crippen molar-refractivity contribution in [3.05, 3.63) is 72.4 Å². The van der Waals surface area contributed by atoms with Gasteiger partial charge in [0.15, 0.2) is 9.84 Å². The van der Waals surface area contributed by atoms with Crippen LogP contribution in [0.2, 0.25) is 0 Å². The lowest BCUT2D eigenvalue weighted by Crippen LogP contribution is -2.51. The number of nitrogens with one attached hydrogen (secondary N) is 1. The Kier molecular flexibility index (Phi) is 6.61. The number of amides is 2. The number of nitrogens with zero attached hydrogens (tertiary/aromatic N) is 2. The molecule has 0 unspecified atom stereocenters. The van der Waals surface area contributed by atoms with Crippen molar-refractivity contribution < 1.29 is 35.9 Å². The minimum atomic E-state index is -4.85. The molecule has 0 aliphatic carbocycles. The number of rotatable bonds is 4. The molecular formula is C28H24F3N3O5S. The number of fused-ring (bicyclic) bond motifs is 2. The number of halogens is 3. The first-order valence-electron chi connectivity index (χ1n) is 12.2. The van der Waals surface area contributed by atoms with Gasteiger partial charge in [-0.3, -0.25) is 9.59 Å². The molecule has 4 aromatic rings. The first-order valence-corrected chi connectivity index (χ1v) is 14.0. The lowest BCUT2D eigenvalue weighted by Gasteiger charge is -2.40. The Morgan fingerprint density at radius 3 is 2.25 bits per heavy atom. The summed E-state index contributed by atoms with van der Waals surface area (Å²) in [7, 11) is -3.38. The molecule has 5 rings (SSSR count). The highest BCUT2D eigenvalue weighted by molar-refractivity contribution is 7.90. The van der Waals surface area contributed by atoms with Crippen LogP contribution >= 0.6 is 0 Å².